The first-order chi connectivity index (χ1) is 8.65. The predicted octanol–water partition coefficient (Wildman–Crippen LogP) is 1.98. The molecule has 0 aliphatic rings. The first-order valence-electron chi connectivity index (χ1n) is 6.15. The molecule has 5 nitrogen and oxygen atoms in total. The molecule has 2 aromatic rings. The van der Waals surface area contributed by atoms with Crippen molar-refractivity contribution in [1.29, 1.82) is 0 Å². The molecule has 1 N–H and O–H groups in total. The minimum absolute atomic E-state index is 0.464. The second kappa shape index (κ2) is 5.73. The van der Waals surface area contributed by atoms with E-state index in [0.29, 0.717) is 17.8 Å². The van der Waals surface area contributed by atoms with Crippen molar-refractivity contribution in [2.75, 3.05) is 6.54 Å². The van der Waals surface area contributed by atoms with E-state index in [4.69, 9.17) is 4.42 Å². The molecule has 0 spiro atoms. The molecule has 5 heteroatoms. The fraction of sp³-hybridized carbons (Fsp3) is 0.462. The number of nitrogens with zero attached hydrogens (tertiary/aromatic N) is 3. The zero-order valence-electron chi connectivity index (χ0n) is 11.0. The summed E-state index contributed by atoms with van der Waals surface area (Å²) in [5.74, 6) is 1.12. The molecular weight excluding hydrogens is 228 g/mol. The van der Waals surface area contributed by atoms with Crippen LogP contribution in [0.3, 0.4) is 0 Å². The third-order valence-corrected chi connectivity index (χ3v) is 2.47. The van der Waals surface area contributed by atoms with Gasteiger partial charge in [0.1, 0.15) is 5.69 Å². The summed E-state index contributed by atoms with van der Waals surface area (Å²) in [5, 5.41) is 11.3. The Hall–Kier alpha value is -1.75. The fourth-order valence-electron chi connectivity index (χ4n) is 1.59. The summed E-state index contributed by atoms with van der Waals surface area (Å²) in [7, 11) is 0. The van der Waals surface area contributed by atoms with Gasteiger partial charge in [0.05, 0.1) is 0 Å². The minimum Gasteiger partial charge on any atom is -0.419 e. The lowest BCUT2D eigenvalue weighted by molar-refractivity contribution is 0.483. The van der Waals surface area contributed by atoms with Crippen LogP contribution in [0.25, 0.3) is 11.6 Å². The van der Waals surface area contributed by atoms with E-state index in [1.807, 2.05) is 25.1 Å². The van der Waals surface area contributed by atoms with Gasteiger partial charge in [-0.3, -0.25) is 0 Å². The van der Waals surface area contributed by atoms with E-state index < -0.39 is 0 Å². The van der Waals surface area contributed by atoms with Gasteiger partial charge in [-0.2, -0.15) is 0 Å². The summed E-state index contributed by atoms with van der Waals surface area (Å²) in [6, 6.07) is 6.21. The quantitative estimate of drug-likeness (QED) is 0.874. The molecule has 0 aliphatic heterocycles. The SMILES string of the molecule is Cc1cccc(-c2nnc(CCNC(C)C)o2)n1. The molecule has 2 heterocycles. The van der Waals surface area contributed by atoms with Crippen molar-refractivity contribution in [2.45, 2.75) is 33.2 Å². The summed E-state index contributed by atoms with van der Waals surface area (Å²) in [6.45, 7) is 6.99. The van der Waals surface area contributed by atoms with Crippen LogP contribution in [0, 0.1) is 6.92 Å². The number of nitrogens with one attached hydrogen (secondary N) is 1. The lowest BCUT2D eigenvalue weighted by Crippen LogP contribution is -2.25. The van der Waals surface area contributed by atoms with Crippen LogP contribution in [0.4, 0.5) is 0 Å². The van der Waals surface area contributed by atoms with Crippen LogP contribution in [0.2, 0.25) is 0 Å². The van der Waals surface area contributed by atoms with Gasteiger partial charge in [0.2, 0.25) is 5.89 Å². The van der Waals surface area contributed by atoms with Crippen molar-refractivity contribution >= 4 is 0 Å². The maximum Gasteiger partial charge on any atom is 0.266 e. The maximum atomic E-state index is 5.58. The van der Waals surface area contributed by atoms with Gasteiger partial charge >= 0.3 is 0 Å². The van der Waals surface area contributed by atoms with Crippen LogP contribution in [-0.2, 0) is 6.42 Å². The number of hydrogen-bond donors (Lipinski definition) is 1. The Morgan fingerprint density at radius 3 is 2.83 bits per heavy atom. The first-order valence-corrected chi connectivity index (χ1v) is 6.15. The van der Waals surface area contributed by atoms with Gasteiger partial charge in [0.15, 0.2) is 0 Å². The molecule has 18 heavy (non-hydrogen) atoms. The van der Waals surface area contributed by atoms with Crippen molar-refractivity contribution in [3.05, 3.63) is 29.8 Å². The fourth-order valence-corrected chi connectivity index (χ4v) is 1.59. The Labute approximate surface area is 107 Å². The molecule has 0 aliphatic carbocycles. The minimum atomic E-state index is 0.464. The summed E-state index contributed by atoms with van der Waals surface area (Å²) in [4.78, 5) is 4.35. The van der Waals surface area contributed by atoms with Gasteiger partial charge in [0.25, 0.3) is 5.89 Å². The van der Waals surface area contributed by atoms with Crippen LogP contribution in [-0.4, -0.2) is 27.8 Å². The molecule has 0 bridgehead atoms. The third-order valence-electron chi connectivity index (χ3n) is 2.47. The van der Waals surface area contributed by atoms with Gasteiger partial charge in [0, 0.05) is 24.7 Å². The molecule has 0 fully saturated rings. The zero-order valence-corrected chi connectivity index (χ0v) is 11.0. The normalized spacial score (nSPS) is 11.1. The summed E-state index contributed by atoms with van der Waals surface area (Å²) in [6.07, 6.45) is 0.733. The van der Waals surface area contributed by atoms with Crippen molar-refractivity contribution in [3.63, 3.8) is 0 Å². The molecule has 0 radical (unpaired) electrons. The van der Waals surface area contributed by atoms with Crippen LogP contribution in [0.1, 0.15) is 25.4 Å². The van der Waals surface area contributed by atoms with E-state index in [2.05, 4.69) is 34.3 Å². The molecule has 0 aromatic carbocycles. The Morgan fingerprint density at radius 2 is 2.11 bits per heavy atom. The average Bonchev–Trinajstić information content (AvgIpc) is 2.77. The van der Waals surface area contributed by atoms with Crippen molar-refractivity contribution in [3.8, 4) is 11.6 Å². The Bertz CT molecular complexity index is 507. The van der Waals surface area contributed by atoms with E-state index in [1.165, 1.54) is 0 Å². The summed E-state index contributed by atoms with van der Waals surface area (Å²) >= 11 is 0. The molecular formula is C13H18N4O. The van der Waals surface area contributed by atoms with Crippen molar-refractivity contribution in [1.82, 2.24) is 20.5 Å². The number of aryl methyl sites for hydroxylation is 1. The summed E-state index contributed by atoms with van der Waals surface area (Å²) in [5.41, 5.74) is 1.67. The van der Waals surface area contributed by atoms with Crippen molar-refractivity contribution < 1.29 is 4.42 Å². The van der Waals surface area contributed by atoms with E-state index in [1.54, 1.807) is 0 Å². The first kappa shape index (κ1) is 12.7. The van der Waals surface area contributed by atoms with E-state index >= 15 is 0 Å². The van der Waals surface area contributed by atoms with Crippen LogP contribution < -0.4 is 5.32 Å². The van der Waals surface area contributed by atoms with Crippen LogP contribution >= 0.6 is 0 Å². The standard InChI is InChI=1S/C13H18N4O/c1-9(2)14-8-7-12-16-17-13(18-12)11-6-4-5-10(3)15-11/h4-6,9,14H,7-8H2,1-3H3. The highest BCUT2D eigenvalue weighted by Crippen LogP contribution is 2.15. The number of rotatable bonds is 5. The van der Waals surface area contributed by atoms with Gasteiger partial charge in [-0.25, -0.2) is 4.98 Å². The molecule has 0 atom stereocenters. The molecule has 0 saturated heterocycles. The second-order valence-electron chi connectivity index (χ2n) is 4.52. The summed E-state index contributed by atoms with van der Waals surface area (Å²) < 4.78 is 5.58. The Kier molecular flexibility index (Phi) is 4.04. The van der Waals surface area contributed by atoms with Gasteiger partial charge in [-0.1, -0.05) is 19.9 Å². The lowest BCUT2D eigenvalue weighted by atomic mass is 10.3. The largest absolute Gasteiger partial charge is 0.419 e. The Balaban J connectivity index is 2.02. The molecule has 96 valence electrons. The predicted molar refractivity (Wildman–Crippen MR) is 69.1 cm³/mol. The highest BCUT2D eigenvalue weighted by atomic mass is 16.4. The van der Waals surface area contributed by atoms with E-state index in [9.17, 15) is 0 Å². The second-order valence-corrected chi connectivity index (χ2v) is 4.52. The van der Waals surface area contributed by atoms with Crippen molar-refractivity contribution in [2.24, 2.45) is 0 Å². The number of hydrogen-bond acceptors (Lipinski definition) is 5. The monoisotopic (exact) mass is 246 g/mol. The topological polar surface area (TPSA) is 63.8 Å². The maximum absolute atomic E-state index is 5.58. The number of pyridine rings is 1. The smallest absolute Gasteiger partial charge is 0.266 e. The lowest BCUT2D eigenvalue weighted by Gasteiger charge is -2.04. The molecule has 0 amide bonds. The highest BCUT2D eigenvalue weighted by Gasteiger charge is 2.09. The van der Waals surface area contributed by atoms with Crippen LogP contribution in [0.15, 0.2) is 22.6 Å². The van der Waals surface area contributed by atoms with E-state index in [0.717, 1.165) is 24.4 Å². The zero-order chi connectivity index (χ0) is 13.0. The average molecular weight is 246 g/mol. The van der Waals surface area contributed by atoms with Crippen LogP contribution in [0.5, 0.6) is 0 Å². The molecule has 2 aromatic heterocycles. The molecule has 0 saturated carbocycles. The van der Waals surface area contributed by atoms with Gasteiger partial charge in [-0.15, -0.1) is 10.2 Å². The third kappa shape index (κ3) is 3.37. The molecule has 2 rings (SSSR count). The van der Waals surface area contributed by atoms with E-state index in [-0.39, 0.29) is 0 Å². The van der Waals surface area contributed by atoms with Gasteiger partial charge < -0.3 is 9.73 Å². The highest BCUT2D eigenvalue weighted by molar-refractivity contribution is 5.45. The van der Waals surface area contributed by atoms with Gasteiger partial charge in [-0.05, 0) is 19.1 Å². The Morgan fingerprint density at radius 1 is 1.28 bits per heavy atom. The molecule has 0 unspecified atom stereocenters. The number of aromatic nitrogens is 3.